The lowest BCUT2D eigenvalue weighted by Crippen LogP contribution is -2.11. The molecule has 0 fully saturated rings. The molecule has 0 saturated heterocycles. The average molecular weight is 467 g/mol. The van der Waals surface area contributed by atoms with Crippen LogP contribution >= 0.6 is 0 Å². The van der Waals surface area contributed by atoms with Gasteiger partial charge in [-0.3, -0.25) is 0 Å². The molecule has 0 aromatic rings. The first kappa shape index (κ1) is 33.0. The maximum absolute atomic E-state index is 6.17. The summed E-state index contributed by atoms with van der Waals surface area (Å²) in [6.07, 6.45) is 36.9. The van der Waals surface area contributed by atoms with Crippen LogP contribution in [0.15, 0.2) is 0 Å². The molecule has 0 aliphatic carbocycles. The van der Waals surface area contributed by atoms with Gasteiger partial charge in [0.1, 0.15) is 0 Å². The van der Waals surface area contributed by atoms with Gasteiger partial charge in [0.15, 0.2) is 0 Å². The van der Waals surface area contributed by atoms with Gasteiger partial charge in [-0.1, -0.05) is 168 Å². The van der Waals surface area contributed by atoms with Gasteiger partial charge in [-0.2, -0.15) is 0 Å². The van der Waals surface area contributed by atoms with Crippen molar-refractivity contribution >= 4 is 0 Å². The Morgan fingerprint density at radius 3 is 1.03 bits per heavy atom. The van der Waals surface area contributed by atoms with Crippen molar-refractivity contribution in [3.63, 3.8) is 0 Å². The van der Waals surface area contributed by atoms with Crippen molar-refractivity contribution in [3.05, 3.63) is 0 Å². The van der Waals surface area contributed by atoms with Crippen molar-refractivity contribution in [3.8, 4) is 0 Å². The van der Waals surface area contributed by atoms with Crippen LogP contribution < -0.4 is 0 Å². The first-order valence-corrected chi connectivity index (χ1v) is 15.9. The average Bonchev–Trinajstić information content (AvgIpc) is 2.83. The molecule has 33 heavy (non-hydrogen) atoms. The van der Waals surface area contributed by atoms with Crippen molar-refractivity contribution in [2.24, 2.45) is 5.92 Å². The van der Waals surface area contributed by atoms with E-state index in [0.29, 0.717) is 0 Å². The van der Waals surface area contributed by atoms with Gasteiger partial charge in [0, 0.05) is 13.2 Å². The topological polar surface area (TPSA) is 9.23 Å². The smallest absolute Gasteiger partial charge is 0.0494 e. The second-order valence-electron chi connectivity index (χ2n) is 10.9. The molecular formula is C32H66O. The van der Waals surface area contributed by atoms with Gasteiger partial charge in [0.2, 0.25) is 0 Å². The highest BCUT2D eigenvalue weighted by Gasteiger charge is 2.09. The highest BCUT2D eigenvalue weighted by molar-refractivity contribution is 4.61. The predicted molar refractivity (Wildman–Crippen MR) is 151 cm³/mol. The Morgan fingerprint density at radius 1 is 0.364 bits per heavy atom. The molecule has 1 heteroatoms. The third kappa shape index (κ3) is 28.1. The molecule has 0 radical (unpaired) electrons. The molecule has 0 heterocycles. The van der Waals surface area contributed by atoms with Crippen molar-refractivity contribution in [1.29, 1.82) is 0 Å². The minimum Gasteiger partial charge on any atom is -0.381 e. The summed E-state index contributed by atoms with van der Waals surface area (Å²) in [6, 6.07) is 0. The highest BCUT2D eigenvalue weighted by atomic mass is 16.5. The fraction of sp³-hybridized carbons (Fsp3) is 1.00. The summed E-state index contributed by atoms with van der Waals surface area (Å²) in [5.41, 5.74) is 0. The van der Waals surface area contributed by atoms with Gasteiger partial charge in [0.05, 0.1) is 0 Å². The summed E-state index contributed by atoms with van der Waals surface area (Å²) in [7, 11) is 0. The molecular weight excluding hydrogens is 400 g/mol. The number of hydrogen-bond acceptors (Lipinski definition) is 1. The van der Waals surface area contributed by atoms with E-state index in [2.05, 4.69) is 20.8 Å². The summed E-state index contributed by atoms with van der Waals surface area (Å²) < 4.78 is 6.17. The molecule has 1 atom stereocenters. The van der Waals surface area contributed by atoms with Crippen LogP contribution in [0.25, 0.3) is 0 Å². The second kappa shape index (κ2) is 30.0. The SMILES string of the molecule is CCCCCCCCCCCCC(CCCCCCCCCC)COCCCCCCCC. The maximum Gasteiger partial charge on any atom is 0.0494 e. The lowest BCUT2D eigenvalue weighted by molar-refractivity contribution is 0.0878. The van der Waals surface area contributed by atoms with Crippen molar-refractivity contribution < 1.29 is 4.74 Å². The molecule has 0 aliphatic rings. The molecule has 0 N–H and O–H groups in total. The minimum atomic E-state index is 0.819. The van der Waals surface area contributed by atoms with Gasteiger partial charge in [-0.25, -0.2) is 0 Å². The lowest BCUT2D eigenvalue weighted by Gasteiger charge is -2.17. The molecule has 0 amide bonds. The first-order valence-electron chi connectivity index (χ1n) is 15.9. The van der Waals surface area contributed by atoms with Crippen LogP contribution in [0.3, 0.4) is 0 Å². The van der Waals surface area contributed by atoms with Gasteiger partial charge in [0.25, 0.3) is 0 Å². The van der Waals surface area contributed by atoms with E-state index < -0.39 is 0 Å². The Balaban J connectivity index is 3.83. The van der Waals surface area contributed by atoms with Gasteiger partial charge in [-0.05, 0) is 25.2 Å². The Kier molecular flexibility index (Phi) is 30.0. The Hall–Kier alpha value is -0.0400. The van der Waals surface area contributed by atoms with E-state index in [1.807, 2.05) is 0 Å². The Bertz CT molecular complexity index is 306. The number of ether oxygens (including phenoxy) is 1. The molecule has 200 valence electrons. The second-order valence-corrected chi connectivity index (χ2v) is 10.9. The zero-order valence-electron chi connectivity index (χ0n) is 23.8. The molecule has 0 spiro atoms. The summed E-state index contributed by atoms with van der Waals surface area (Å²) in [4.78, 5) is 0. The van der Waals surface area contributed by atoms with Gasteiger partial charge in [-0.15, -0.1) is 0 Å². The van der Waals surface area contributed by atoms with Crippen LogP contribution in [0.1, 0.15) is 188 Å². The van der Waals surface area contributed by atoms with Crippen LogP contribution in [0.4, 0.5) is 0 Å². The zero-order valence-corrected chi connectivity index (χ0v) is 23.8. The van der Waals surface area contributed by atoms with Crippen LogP contribution in [-0.2, 0) is 4.74 Å². The molecule has 1 nitrogen and oxygen atoms in total. The van der Waals surface area contributed by atoms with Crippen molar-refractivity contribution in [1.82, 2.24) is 0 Å². The monoisotopic (exact) mass is 467 g/mol. The molecule has 1 unspecified atom stereocenters. The Morgan fingerprint density at radius 2 is 0.667 bits per heavy atom. The molecule has 0 aromatic heterocycles. The van der Waals surface area contributed by atoms with E-state index in [0.717, 1.165) is 19.1 Å². The highest BCUT2D eigenvalue weighted by Crippen LogP contribution is 2.20. The molecule has 0 bridgehead atoms. The molecule has 0 aromatic carbocycles. The maximum atomic E-state index is 6.17. The van der Waals surface area contributed by atoms with E-state index in [9.17, 15) is 0 Å². The Labute approximate surface area is 211 Å². The number of unbranched alkanes of at least 4 members (excludes halogenated alkanes) is 21. The zero-order chi connectivity index (χ0) is 24.1. The first-order chi connectivity index (χ1) is 16.3. The van der Waals surface area contributed by atoms with E-state index >= 15 is 0 Å². The molecule has 0 saturated carbocycles. The fourth-order valence-corrected chi connectivity index (χ4v) is 5.03. The fourth-order valence-electron chi connectivity index (χ4n) is 5.03. The minimum absolute atomic E-state index is 0.819. The van der Waals surface area contributed by atoms with Crippen LogP contribution in [0.2, 0.25) is 0 Å². The largest absolute Gasteiger partial charge is 0.381 e. The van der Waals surface area contributed by atoms with Gasteiger partial charge < -0.3 is 4.74 Å². The van der Waals surface area contributed by atoms with E-state index in [-0.39, 0.29) is 0 Å². The summed E-state index contributed by atoms with van der Waals surface area (Å²) in [6.45, 7) is 8.94. The van der Waals surface area contributed by atoms with E-state index in [1.54, 1.807) is 0 Å². The van der Waals surface area contributed by atoms with E-state index in [4.69, 9.17) is 4.74 Å². The quantitative estimate of drug-likeness (QED) is 0.0995. The summed E-state index contributed by atoms with van der Waals surface area (Å²) >= 11 is 0. The van der Waals surface area contributed by atoms with Gasteiger partial charge >= 0.3 is 0 Å². The lowest BCUT2D eigenvalue weighted by atomic mass is 9.94. The number of hydrogen-bond donors (Lipinski definition) is 0. The molecule has 0 rings (SSSR count). The summed E-state index contributed by atoms with van der Waals surface area (Å²) in [5, 5.41) is 0. The van der Waals surface area contributed by atoms with Crippen molar-refractivity contribution in [2.45, 2.75) is 188 Å². The van der Waals surface area contributed by atoms with E-state index in [1.165, 1.54) is 167 Å². The normalized spacial score (nSPS) is 12.5. The van der Waals surface area contributed by atoms with Crippen LogP contribution in [0, 0.1) is 5.92 Å². The van der Waals surface area contributed by atoms with Crippen LogP contribution in [0.5, 0.6) is 0 Å². The standard InChI is InChI=1S/C32H66O/c1-4-7-10-13-16-18-19-21-23-26-29-32(28-25-22-20-17-14-11-8-5-2)31-33-30-27-24-15-12-9-6-3/h32H,4-31H2,1-3H3. The van der Waals surface area contributed by atoms with Crippen molar-refractivity contribution in [2.75, 3.05) is 13.2 Å². The van der Waals surface area contributed by atoms with Crippen LogP contribution in [-0.4, -0.2) is 13.2 Å². The third-order valence-corrected chi connectivity index (χ3v) is 7.43. The predicted octanol–water partition coefficient (Wildman–Crippen LogP) is 11.8. The third-order valence-electron chi connectivity index (χ3n) is 7.43. The number of rotatable bonds is 29. The molecule has 0 aliphatic heterocycles. The summed E-state index contributed by atoms with van der Waals surface area (Å²) in [5.74, 6) is 0.819.